The molecule has 0 saturated carbocycles. The van der Waals surface area contributed by atoms with Gasteiger partial charge in [-0.1, -0.05) is 0 Å². The van der Waals surface area contributed by atoms with Gasteiger partial charge in [-0.2, -0.15) is 0 Å². The van der Waals surface area contributed by atoms with E-state index in [1.807, 2.05) is 13.8 Å². The number of aryl methyl sites for hydroxylation is 2. The fraction of sp³-hybridized carbons (Fsp3) is 0.364. The Hall–Kier alpha value is -1.56. The molecule has 0 aliphatic heterocycles. The van der Waals surface area contributed by atoms with Crippen LogP contribution in [0.15, 0.2) is 12.5 Å². The number of nitrogens with zero attached hydrogens (tertiary/aromatic N) is 3. The molecule has 90 valence electrons. The Labute approximate surface area is 103 Å². The Morgan fingerprint density at radius 2 is 2.06 bits per heavy atom. The van der Waals surface area contributed by atoms with E-state index in [0.29, 0.717) is 5.69 Å². The van der Waals surface area contributed by atoms with E-state index in [0.717, 1.165) is 9.88 Å². The Morgan fingerprint density at radius 1 is 1.29 bits per heavy atom. The average Bonchev–Trinajstić information content (AvgIpc) is 2.72. The van der Waals surface area contributed by atoms with Crippen LogP contribution in [0, 0.1) is 19.7 Å². The number of nitrogens with one attached hydrogen (secondary N) is 1. The number of hydrogen-bond acceptors (Lipinski definition) is 5. The lowest BCUT2D eigenvalue weighted by Crippen LogP contribution is -2.10. The van der Waals surface area contributed by atoms with Gasteiger partial charge in [0.15, 0.2) is 11.6 Å². The largest absolute Gasteiger partial charge is 0.359 e. The van der Waals surface area contributed by atoms with Crippen molar-refractivity contribution in [2.45, 2.75) is 26.8 Å². The second-order valence-electron chi connectivity index (χ2n) is 3.80. The normalized spacial score (nSPS) is 12.5. The number of hydrogen-bond donors (Lipinski definition) is 1. The maximum atomic E-state index is 13.7. The summed E-state index contributed by atoms with van der Waals surface area (Å²) < 4.78 is 13.7. The predicted octanol–water partition coefficient (Wildman–Crippen LogP) is 2.86. The van der Waals surface area contributed by atoms with Crippen molar-refractivity contribution < 1.29 is 4.39 Å². The van der Waals surface area contributed by atoms with E-state index in [-0.39, 0.29) is 11.9 Å². The molecule has 0 radical (unpaired) electrons. The third kappa shape index (κ3) is 2.58. The maximum Gasteiger partial charge on any atom is 0.186 e. The zero-order valence-corrected chi connectivity index (χ0v) is 10.7. The highest BCUT2D eigenvalue weighted by Crippen LogP contribution is 2.23. The summed E-state index contributed by atoms with van der Waals surface area (Å²) in [5.74, 6) is -0.189. The first kappa shape index (κ1) is 11.9. The van der Waals surface area contributed by atoms with Gasteiger partial charge in [-0.3, -0.25) is 0 Å². The molecule has 2 heterocycles. The molecular weight excluding hydrogens is 239 g/mol. The van der Waals surface area contributed by atoms with E-state index in [2.05, 4.69) is 20.3 Å². The molecule has 0 aromatic carbocycles. The first-order valence-electron chi connectivity index (χ1n) is 5.24. The number of thiazole rings is 1. The molecule has 0 amide bonds. The monoisotopic (exact) mass is 252 g/mol. The van der Waals surface area contributed by atoms with E-state index < -0.39 is 5.82 Å². The van der Waals surface area contributed by atoms with E-state index in [1.54, 1.807) is 24.5 Å². The van der Waals surface area contributed by atoms with Crippen molar-refractivity contribution >= 4 is 17.2 Å². The minimum absolute atomic E-state index is 0.0718. The van der Waals surface area contributed by atoms with Crippen molar-refractivity contribution in [2.75, 3.05) is 5.32 Å². The van der Waals surface area contributed by atoms with Gasteiger partial charge >= 0.3 is 0 Å². The maximum absolute atomic E-state index is 13.7. The summed E-state index contributed by atoms with van der Waals surface area (Å²) in [7, 11) is 0. The smallest absolute Gasteiger partial charge is 0.186 e. The van der Waals surface area contributed by atoms with Crippen molar-refractivity contribution in [2.24, 2.45) is 0 Å². The van der Waals surface area contributed by atoms with Crippen molar-refractivity contribution in [1.82, 2.24) is 15.0 Å². The van der Waals surface area contributed by atoms with Gasteiger partial charge in [-0.25, -0.2) is 19.3 Å². The Bertz CT molecular complexity index is 526. The molecule has 2 aromatic heterocycles. The second-order valence-corrected chi connectivity index (χ2v) is 5.06. The van der Waals surface area contributed by atoms with Gasteiger partial charge in [0.25, 0.3) is 0 Å². The summed E-state index contributed by atoms with van der Waals surface area (Å²) in [6, 6.07) is -0.0718. The van der Waals surface area contributed by atoms with Crippen molar-refractivity contribution in [1.29, 1.82) is 0 Å². The summed E-state index contributed by atoms with van der Waals surface area (Å²) >= 11 is 1.59. The van der Waals surface area contributed by atoms with Crippen LogP contribution in [0.4, 0.5) is 10.2 Å². The molecule has 4 nitrogen and oxygen atoms in total. The Morgan fingerprint density at radius 3 is 2.71 bits per heavy atom. The highest BCUT2D eigenvalue weighted by atomic mass is 32.1. The number of anilines is 1. The van der Waals surface area contributed by atoms with Crippen LogP contribution >= 0.6 is 11.3 Å². The summed E-state index contributed by atoms with van der Waals surface area (Å²) in [4.78, 5) is 13.1. The molecule has 0 aliphatic rings. The summed E-state index contributed by atoms with van der Waals surface area (Å²) in [5, 5.41) is 3.92. The van der Waals surface area contributed by atoms with Crippen LogP contribution in [0.1, 0.15) is 28.5 Å². The quantitative estimate of drug-likeness (QED) is 0.912. The van der Waals surface area contributed by atoms with Crippen LogP contribution in [0.3, 0.4) is 0 Å². The first-order valence-corrected chi connectivity index (χ1v) is 6.05. The van der Waals surface area contributed by atoms with Crippen LogP contribution < -0.4 is 5.32 Å². The van der Waals surface area contributed by atoms with Gasteiger partial charge in [-0.05, 0) is 20.8 Å². The lowest BCUT2D eigenvalue weighted by atomic mass is 10.3. The van der Waals surface area contributed by atoms with Crippen LogP contribution in [0.2, 0.25) is 0 Å². The molecule has 0 aliphatic carbocycles. The highest BCUT2D eigenvalue weighted by molar-refractivity contribution is 7.11. The van der Waals surface area contributed by atoms with Crippen molar-refractivity contribution in [3.8, 4) is 0 Å². The van der Waals surface area contributed by atoms with Gasteiger partial charge in [0.2, 0.25) is 0 Å². The number of aromatic nitrogens is 3. The predicted molar refractivity (Wildman–Crippen MR) is 65.6 cm³/mol. The molecule has 0 fully saturated rings. The summed E-state index contributed by atoms with van der Waals surface area (Å²) in [5.41, 5.74) is 0.338. The fourth-order valence-electron chi connectivity index (χ4n) is 1.40. The van der Waals surface area contributed by atoms with E-state index in [9.17, 15) is 4.39 Å². The summed E-state index contributed by atoms with van der Waals surface area (Å²) in [6.07, 6.45) is 3.15. The Kier molecular flexibility index (Phi) is 3.33. The van der Waals surface area contributed by atoms with Crippen LogP contribution in [0.5, 0.6) is 0 Å². The molecule has 2 rings (SSSR count). The van der Waals surface area contributed by atoms with Gasteiger partial charge in [-0.15, -0.1) is 11.3 Å². The summed E-state index contributed by atoms with van der Waals surface area (Å²) in [6.45, 7) is 5.53. The molecule has 1 atom stereocenters. The zero-order chi connectivity index (χ0) is 12.4. The molecule has 17 heavy (non-hydrogen) atoms. The standard InChI is InChI=1S/C11H13FN4S/c1-6-4-13-11(17-6)8(3)16-10-9(12)7(2)14-5-15-10/h4-5,8H,1-3H3,(H,14,15,16). The molecule has 1 unspecified atom stereocenters. The highest BCUT2D eigenvalue weighted by Gasteiger charge is 2.13. The molecule has 0 saturated heterocycles. The lowest BCUT2D eigenvalue weighted by Gasteiger charge is -2.12. The SMILES string of the molecule is Cc1cnc(C(C)Nc2ncnc(C)c2F)s1. The average molecular weight is 252 g/mol. The topological polar surface area (TPSA) is 50.7 Å². The minimum atomic E-state index is -0.410. The second kappa shape index (κ2) is 4.75. The lowest BCUT2D eigenvalue weighted by molar-refractivity contribution is 0.601. The Balaban J connectivity index is 2.18. The molecule has 2 aromatic rings. The third-order valence-electron chi connectivity index (χ3n) is 2.33. The third-order valence-corrected chi connectivity index (χ3v) is 3.42. The first-order chi connectivity index (χ1) is 8.08. The van der Waals surface area contributed by atoms with Crippen LogP contribution in [0.25, 0.3) is 0 Å². The van der Waals surface area contributed by atoms with E-state index >= 15 is 0 Å². The van der Waals surface area contributed by atoms with Gasteiger partial charge in [0.05, 0.1) is 11.7 Å². The molecule has 6 heteroatoms. The van der Waals surface area contributed by atoms with Gasteiger partial charge in [0.1, 0.15) is 11.3 Å². The van der Waals surface area contributed by atoms with Crippen LogP contribution in [-0.2, 0) is 0 Å². The van der Waals surface area contributed by atoms with Crippen molar-refractivity contribution in [3.05, 3.63) is 33.9 Å². The number of halogens is 1. The van der Waals surface area contributed by atoms with E-state index in [4.69, 9.17) is 0 Å². The van der Waals surface area contributed by atoms with Gasteiger partial charge in [0, 0.05) is 11.1 Å². The molecule has 1 N–H and O–H groups in total. The van der Waals surface area contributed by atoms with Gasteiger partial charge < -0.3 is 5.32 Å². The minimum Gasteiger partial charge on any atom is -0.359 e. The molecule has 0 spiro atoms. The number of rotatable bonds is 3. The zero-order valence-electron chi connectivity index (χ0n) is 9.86. The fourth-order valence-corrected chi connectivity index (χ4v) is 2.17. The van der Waals surface area contributed by atoms with E-state index in [1.165, 1.54) is 6.33 Å². The van der Waals surface area contributed by atoms with Crippen molar-refractivity contribution in [3.63, 3.8) is 0 Å². The molecule has 0 bridgehead atoms. The molecular formula is C11H13FN4S. The van der Waals surface area contributed by atoms with Crippen LogP contribution in [-0.4, -0.2) is 15.0 Å².